The zero-order valence-electron chi connectivity index (χ0n) is 18.9. The fourth-order valence-electron chi connectivity index (χ4n) is 4.40. The normalized spacial score (nSPS) is 17.1. The van der Waals surface area contributed by atoms with Crippen LogP contribution in [0.15, 0.2) is 30.3 Å². The molecule has 0 saturated carbocycles. The van der Waals surface area contributed by atoms with Crippen molar-refractivity contribution < 1.29 is 9.53 Å². The van der Waals surface area contributed by atoms with E-state index < -0.39 is 0 Å². The minimum atomic E-state index is 0.164. The molecular formula is C24H36N4O2. The smallest absolute Gasteiger partial charge is 0.244 e. The van der Waals surface area contributed by atoms with Gasteiger partial charge in [-0.25, -0.2) is 0 Å². The van der Waals surface area contributed by atoms with Gasteiger partial charge in [0, 0.05) is 31.9 Å². The van der Waals surface area contributed by atoms with Gasteiger partial charge < -0.3 is 14.5 Å². The summed E-state index contributed by atoms with van der Waals surface area (Å²) < 4.78 is 7.16. The molecule has 2 heterocycles. The first-order chi connectivity index (χ1) is 14.5. The first kappa shape index (κ1) is 22.3. The molecule has 1 saturated heterocycles. The molecule has 1 amide bonds. The first-order valence-corrected chi connectivity index (χ1v) is 11.1. The summed E-state index contributed by atoms with van der Waals surface area (Å²) in [6.07, 6.45) is 3.42. The van der Waals surface area contributed by atoms with Gasteiger partial charge in [0.25, 0.3) is 0 Å². The Morgan fingerprint density at radius 2 is 2.13 bits per heavy atom. The highest BCUT2D eigenvalue weighted by molar-refractivity contribution is 5.76. The van der Waals surface area contributed by atoms with Crippen molar-refractivity contribution in [2.24, 2.45) is 5.92 Å². The Kier molecular flexibility index (Phi) is 7.91. The largest absolute Gasteiger partial charge is 0.497 e. The predicted octanol–water partition coefficient (Wildman–Crippen LogP) is 3.31. The molecular weight excluding hydrogens is 376 g/mol. The molecule has 1 fully saturated rings. The Balaban J connectivity index is 1.51. The lowest BCUT2D eigenvalue weighted by atomic mass is 9.96. The van der Waals surface area contributed by atoms with E-state index in [2.05, 4.69) is 35.1 Å². The number of carbonyl (C=O) groups excluding carboxylic acids is 1. The molecule has 1 unspecified atom stereocenters. The lowest BCUT2D eigenvalue weighted by Crippen LogP contribution is -2.44. The van der Waals surface area contributed by atoms with Crippen LogP contribution < -0.4 is 4.74 Å². The molecule has 0 spiro atoms. The molecule has 0 N–H and O–H groups in total. The van der Waals surface area contributed by atoms with Crippen LogP contribution in [-0.4, -0.2) is 65.3 Å². The number of methoxy groups -OCH3 is 1. The maximum atomic E-state index is 12.9. The van der Waals surface area contributed by atoms with Crippen molar-refractivity contribution in [2.75, 3.05) is 39.8 Å². The van der Waals surface area contributed by atoms with Gasteiger partial charge in [-0.05, 0) is 76.3 Å². The minimum absolute atomic E-state index is 0.164. The van der Waals surface area contributed by atoms with Crippen molar-refractivity contribution >= 4 is 5.91 Å². The second kappa shape index (κ2) is 10.6. The summed E-state index contributed by atoms with van der Waals surface area (Å²) in [7, 11) is 1.71. The number of aromatic nitrogens is 2. The highest BCUT2D eigenvalue weighted by atomic mass is 16.5. The van der Waals surface area contributed by atoms with Gasteiger partial charge in [-0.3, -0.25) is 9.48 Å². The van der Waals surface area contributed by atoms with Gasteiger partial charge in [0.2, 0.25) is 5.91 Å². The molecule has 3 rings (SSSR count). The molecule has 0 radical (unpaired) electrons. The van der Waals surface area contributed by atoms with Crippen LogP contribution in [0, 0.1) is 19.8 Å². The predicted molar refractivity (Wildman–Crippen MR) is 120 cm³/mol. The molecule has 1 aliphatic heterocycles. The molecule has 6 nitrogen and oxygen atoms in total. The van der Waals surface area contributed by atoms with Gasteiger partial charge in [0.15, 0.2) is 0 Å². The van der Waals surface area contributed by atoms with E-state index in [-0.39, 0.29) is 5.91 Å². The fraction of sp³-hybridized carbons (Fsp3) is 0.583. The number of aryl methyl sites for hydroxylation is 2. The Labute approximate surface area is 180 Å². The summed E-state index contributed by atoms with van der Waals surface area (Å²) in [5, 5.41) is 4.44. The molecule has 6 heteroatoms. The van der Waals surface area contributed by atoms with Crippen molar-refractivity contribution in [3.8, 4) is 5.75 Å². The zero-order valence-corrected chi connectivity index (χ0v) is 18.9. The molecule has 30 heavy (non-hydrogen) atoms. The van der Waals surface area contributed by atoms with Crippen LogP contribution in [0.3, 0.4) is 0 Å². The lowest BCUT2D eigenvalue weighted by Gasteiger charge is -2.35. The Bertz CT molecular complexity index is 832. The summed E-state index contributed by atoms with van der Waals surface area (Å²) >= 11 is 0. The molecule has 1 aromatic heterocycles. The number of piperidine rings is 1. The van der Waals surface area contributed by atoms with E-state index in [0.717, 1.165) is 56.3 Å². The molecule has 0 aliphatic carbocycles. The number of likely N-dealkylation sites (N-methyl/N-ethyl adjacent to an activating group) is 1. The average Bonchev–Trinajstić information content (AvgIpc) is 3.07. The Morgan fingerprint density at radius 1 is 1.30 bits per heavy atom. The van der Waals surface area contributed by atoms with Gasteiger partial charge in [0.05, 0.1) is 12.8 Å². The van der Waals surface area contributed by atoms with Crippen LogP contribution in [0.2, 0.25) is 0 Å². The summed E-state index contributed by atoms with van der Waals surface area (Å²) in [4.78, 5) is 17.4. The number of rotatable bonds is 9. The van der Waals surface area contributed by atoms with Crippen molar-refractivity contribution in [3.63, 3.8) is 0 Å². The maximum absolute atomic E-state index is 12.9. The monoisotopic (exact) mass is 412 g/mol. The van der Waals surface area contributed by atoms with E-state index in [0.29, 0.717) is 12.5 Å². The summed E-state index contributed by atoms with van der Waals surface area (Å²) in [5.74, 6) is 1.62. The van der Waals surface area contributed by atoms with Crippen LogP contribution >= 0.6 is 0 Å². The van der Waals surface area contributed by atoms with Crippen LogP contribution in [-0.2, 0) is 17.8 Å². The standard InChI is InChI=1S/C24H36N4O2/c1-5-27(24(29)18-28-20(3)14-19(2)25-28)17-22-9-7-12-26(16-22)13-11-21-8-6-10-23(15-21)30-4/h6,8,10,14-15,22H,5,7,9,11-13,16-18H2,1-4H3. The van der Waals surface area contributed by atoms with Crippen LogP contribution in [0.5, 0.6) is 5.75 Å². The SMILES string of the molecule is CCN(CC1CCCN(CCc2cccc(OC)c2)C1)C(=O)Cn1nc(C)cc1C. The zero-order chi connectivity index (χ0) is 21.5. The summed E-state index contributed by atoms with van der Waals surface area (Å²) in [5.41, 5.74) is 3.31. The van der Waals surface area contributed by atoms with Crippen LogP contribution in [0.1, 0.15) is 36.7 Å². The number of hydrogen-bond donors (Lipinski definition) is 0. The van der Waals surface area contributed by atoms with Crippen molar-refractivity contribution in [3.05, 3.63) is 47.3 Å². The van der Waals surface area contributed by atoms with Gasteiger partial charge >= 0.3 is 0 Å². The van der Waals surface area contributed by atoms with Crippen molar-refractivity contribution in [1.29, 1.82) is 0 Å². The number of carbonyl (C=O) groups is 1. The second-order valence-electron chi connectivity index (χ2n) is 8.43. The van der Waals surface area contributed by atoms with Crippen molar-refractivity contribution in [1.82, 2.24) is 19.6 Å². The van der Waals surface area contributed by atoms with Gasteiger partial charge in [-0.2, -0.15) is 5.10 Å². The van der Waals surface area contributed by atoms with E-state index in [1.807, 2.05) is 35.6 Å². The molecule has 0 bridgehead atoms. The topological polar surface area (TPSA) is 50.6 Å². The van der Waals surface area contributed by atoms with Gasteiger partial charge in [-0.15, -0.1) is 0 Å². The quantitative estimate of drug-likeness (QED) is 0.634. The van der Waals surface area contributed by atoms with Crippen molar-refractivity contribution in [2.45, 2.75) is 46.6 Å². The van der Waals surface area contributed by atoms with E-state index in [4.69, 9.17) is 4.74 Å². The second-order valence-corrected chi connectivity index (χ2v) is 8.43. The Hall–Kier alpha value is -2.34. The highest BCUT2D eigenvalue weighted by Crippen LogP contribution is 2.19. The maximum Gasteiger partial charge on any atom is 0.244 e. The van der Waals surface area contributed by atoms with Gasteiger partial charge in [0.1, 0.15) is 12.3 Å². The fourth-order valence-corrected chi connectivity index (χ4v) is 4.40. The minimum Gasteiger partial charge on any atom is -0.497 e. The van der Waals surface area contributed by atoms with E-state index in [9.17, 15) is 4.79 Å². The molecule has 1 aliphatic rings. The number of amides is 1. The number of nitrogens with zero attached hydrogens (tertiary/aromatic N) is 4. The van der Waals surface area contributed by atoms with E-state index in [1.165, 1.54) is 18.4 Å². The van der Waals surface area contributed by atoms with Gasteiger partial charge in [-0.1, -0.05) is 12.1 Å². The summed E-state index contributed by atoms with van der Waals surface area (Å²) in [6.45, 7) is 11.2. The van der Waals surface area contributed by atoms with E-state index in [1.54, 1.807) is 7.11 Å². The number of ether oxygens (including phenoxy) is 1. The Morgan fingerprint density at radius 3 is 2.83 bits per heavy atom. The third-order valence-corrected chi connectivity index (χ3v) is 6.06. The lowest BCUT2D eigenvalue weighted by molar-refractivity contribution is -0.132. The number of benzene rings is 1. The summed E-state index contributed by atoms with van der Waals surface area (Å²) in [6, 6.07) is 10.4. The molecule has 1 aromatic carbocycles. The third-order valence-electron chi connectivity index (χ3n) is 6.06. The highest BCUT2D eigenvalue weighted by Gasteiger charge is 2.24. The first-order valence-electron chi connectivity index (χ1n) is 11.1. The average molecular weight is 413 g/mol. The van der Waals surface area contributed by atoms with Crippen LogP contribution in [0.4, 0.5) is 0 Å². The number of hydrogen-bond acceptors (Lipinski definition) is 4. The molecule has 2 aromatic rings. The number of likely N-dealkylation sites (tertiary alicyclic amines) is 1. The third kappa shape index (κ3) is 6.08. The van der Waals surface area contributed by atoms with E-state index >= 15 is 0 Å². The molecule has 164 valence electrons. The van der Waals surface area contributed by atoms with Crippen LogP contribution in [0.25, 0.3) is 0 Å². The molecule has 1 atom stereocenters.